The van der Waals surface area contributed by atoms with Crippen LogP contribution < -0.4 is 5.32 Å². The number of carbonyl (C=O) groups is 1. The Hall–Kier alpha value is -2.30. The van der Waals surface area contributed by atoms with Gasteiger partial charge in [0.05, 0.1) is 12.5 Å². The van der Waals surface area contributed by atoms with Crippen molar-refractivity contribution in [3.8, 4) is 0 Å². The van der Waals surface area contributed by atoms with Gasteiger partial charge in [-0.1, -0.05) is 47.5 Å². The van der Waals surface area contributed by atoms with Crippen molar-refractivity contribution in [3.63, 3.8) is 0 Å². The fourth-order valence-electron chi connectivity index (χ4n) is 3.14. The number of rotatable bonds is 6. The second-order valence-corrected chi connectivity index (χ2v) is 7.31. The molecule has 3 aromatic rings. The number of amides is 1. The molecule has 1 amide bonds. The summed E-state index contributed by atoms with van der Waals surface area (Å²) in [5.41, 5.74) is 4.36. The SMILES string of the molecule is Cc1ccc(C(CNC(=O)Cc2c[nH]c3cc(Cl)ccc23)N(C)C)cc1. The van der Waals surface area contributed by atoms with Crippen molar-refractivity contribution in [3.05, 3.63) is 70.4 Å². The number of likely N-dealkylation sites (N-methyl/N-ethyl adjacent to an activating group) is 1. The molecule has 4 nitrogen and oxygen atoms in total. The van der Waals surface area contributed by atoms with E-state index in [1.807, 2.05) is 38.5 Å². The van der Waals surface area contributed by atoms with Crippen LogP contribution in [0.15, 0.2) is 48.7 Å². The number of H-pyrrole nitrogens is 1. The monoisotopic (exact) mass is 369 g/mol. The molecule has 2 N–H and O–H groups in total. The maximum atomic E-state index is 12.5. The average molecular weight is 370 g/mol. The van der Waals surface area contributed by atoms with Gasteiger partial charge >= 0.3 is 0 Å². The van der Waals surface area contributed by atoms with Crippen molar-refractivity contribution >= 4 is 28.4 Å². The summed E-state index contributed by atoms with van der Waals surface area (Å²) in [6.45, 7) is 2.65. The largest absolute Gasteiger partial charge is 0.361 e. The van der Waals surface area contributed by atoms with Gasteiger partial charge in [-0.25, -0.2) is 0 Å². The highest BCUT2D eigenvalue weighted by molar-refractivity contribution is 6.31. The molecule has 5 heteroatoms. The Balaban J connectivity index is 1.65. The van der Waals surface area contributed by atoms with Crippen LogP contribution in [0.4, 0.5) is 0 Å². The van der Waals surface area contributed by atoms with E-state index in [0.717, 1.165) is 16.5 Å². The van der Waals surface area contributed by atoms with Crippen LogP contribution in [0.5, 0.6) is 0 Å². The lowest BCUT2D eigenvalue weighted by Crippen LogP contribution is -2.35. The lowest BCUT2D eigenvalue weighted by atomic mass is 10.0. The van der Waals surface area contributed by atoms with Crippen molar-refractivity contribution in [2.45, 2.75) is 19.4 Å². The van der Waals surface area contributed by atoms with Crippen LogP contribution in [-0.4, -0.2) is 36.4 Å². The second kappa shape index (κ2) is 7.94. The van der Waals surface area contributed by atoms with Crippen molar-refractivity contribution in [2.75, 3.05) is 20.6 Å². The number of carbonyl (C=O) groups excluding carboxylic acids is 1. The van der Waals surface area contributed by atoms with E-state index >= 15 is 0 Å². The third-order valence-corrected chi connectivity index (χ3v) is 4.89. The Morgan fingerprint density at radius 3 is 2.62 bits per heavy atom. The molecule has 0 aliphatic rings. The van der Waals surface area contributed by atoms with Gasteiger partial charge in [0.15, 0.2) is 0 Å². The van der Waals surface area contributed by atoms with Crippen LogP contribution in [0, 0.1) is 6.92 Å². The second-order valence-electron chi connectivity index (χ2n) is 6.87. The highest BCUT2D eigenvalue weighted by atomic mass is 35.5. The summed E-state index contributed by atoms with van der Waals surface area (Å²) in [6.07, 6.45) is 2.22. The molecule has 1 aromatic heterocycles. The molecule has 0 saturated carbocycles. The van der Waals surface area contributed by atoms with E-state index in [1.165, 1.54) is 11.1 Å². The highest BCUT2D eigenvalue weighted by Gasteiger charge is 2.16. The van der Waals surface area contributed by atoms with Gasteiger partial charge in [-0.15, -0.1) is 0 Å². The Bertz CT molecular complexity index is 899. The standard InChI is InChI=1S/C21H24ClN3O/c1-14-4-6-15(7-5-14)20(25(2)3)13-24-21(26)10-16-12-23-19-11-17(22)8-9-18(16)19/h4-9,11-12,20,23H,10,13H2,1-3H3,(H,24,26). The number of aryl methyl sites for hydroxylation is 1. The fourth-order valence-corrected chi connectivity index (χ4v) is 3.31. The van der Waals surface area contributed by atoms with E-state index in [0.29, 0.717) is 18.0 Å². The zero-order valence-corrected chi connectivity index (χ0v) is 16.1. The maximum absolute atomic E-state index is 12.5. The summed E-state index contributed by atoms with van der Waals surface area (Å²) in [4.78, 5) is 17.8. The first-order valence-electron chi connectivity index (χ1n) is 8.69. The number of nitrogens with zero attached hydrogens (tertiary/aromatic N) is 1. The number of fused-ring (bicyclic) bond motifs is 1. The van der Waals surface area contributed by atoms with Crippen LogP contribution in [0.3, 0.4) is 0 Å². The van der Waals surface area contributed by atoms with Gasteiger partial charge in [0, 0.05) is 28.7 Å². The highest BCUT2D eigenvalue weighted by Crippen LogP contribution is 2.22. The Morgan fingerprint density at radius 1 is 1.19 bits per heavy atom. The average Bonchev–Trinajstić information content (AvgIpc) is 2.98. The fraction of sp³-hybridized carbons (Fsp3) is 0.286. The van der Waals surface area contributed by atoms with Crippen LogP contribution in [-0.2, 0) is 11.2 Å². The van der Waals surface area contributed by atoms with Crippen LogP contribution in [0.2, 0.25) is 5.02 Å². The minimum Gasteiger partial charge on any atom is -0.361 e. The lowest BCUT2D eigenvalue weighted by Gasteiger charge is -2.25. The molecule has 0 radical (unpaired) electrons. The molecule has 0 spiro atoms. The van der Waals surface area contributed by atoms with E-state index in [-0.39, 0.29) is 11.9 Å². The van der Waals surface area contributed by atoms with E-state index in [9.17, 15) is 4.79 Å². The van der Waals surface area contributed by atoms with Crippen LogP contribution >= 0.6 is 11.6 Å². The number of aromatic nitrogens is 1. The molecule has 1 heterocycles. The van der Waals surface area contributed by atoms with Gasteiger partial charge < -0.3 is 15.2 Å². The zero-order chi connectivity index (χ0) is 18.7. The predicted octanol–water partition coefficient (Wildman–Crippen LogP) is 4.09. The zero-order valence-electron chi connectivity index (χ0n) is 15.3. The molecule has 0 fully saturated rings. The molecule has 136 valence electrons. The Kier molecular flexibility index (Phi) is 5.64. The molecule has 26 heavy (non-hydrogen) atoms. The van der Waals surface area contributed by atoms with Gasteiger partial charge in [0.25, 0.3) is 0 Å². The first-order chi connectivity index (χ1) is 12.4. The van der Waals surface area contributed by atoms with Gasteiger partial charge in [-0.2, -0.15) is 0 Å². The van der Waals surface area contributed by atoms with Gasteiger partial charge in [-0.3, -0.25) is 4.79 Å². The number of hydrogen-bond donors (Lipinski definition) is 2. The van der Waals surface area contributed by atoms with Crippen LogP contribution in [0.25, 0.3) is 10.9 Å². The topological polar surface area (TPSA) is 48.1 Å². The van der Waals surface area contributed by atoms with E-state index in [1.54, 1.807) is 0 Å². The first kappa shape index (κ1) is 18.5. The summed E-state index contributed by atoms with van der Waals surface area (Å²) in [6, 6.07) is 14.3. The van der Waals surface area contributed by atoms with E-state index < -0.39 is 0 Å². The molecule has 0 bridgehead atoms. The predicted molar refractivity (Wildman–Crippen MR) is 108 cm³/mol. The number of halogens is 1. The first-order valence-corrected chi connectivity index (χ1v) is 9.07. The number of benzene rings is 2. The van der Waals surface area contributed by atoms with Gasteiger partial charge in [-0.05, 0) is 44.3 Å². The summed E-state index contributed by atoms with van der Waals surface area (Å²) in [5.74, 6) is 0.0137. The minimum absolute atomic E-state index is 0.0137. The Morgan fingerprint density at radius 2 is 1.92 bits per heavy atom. The number of hydrogen-bond acceptors (Lipinski definition) is 2. The third-order valence-electron chi connectivity index (χ3n) is 4.66. The quantitative estimate of drug-likeness (QED) is 0.687. The maximum Gasteiger partial charge on any atom is 0.224 e. The molecule has 2 aromatic carbocycles. The molecular formula is C21H24ClN3O. The molecular weight excluding hydrogens is 346 g/mol. The van der Waals surface area contributed by atoms with Crippen molar-refractivity contribution in [1.82, 2.24) is 15.2 Å². The Labute approximate surface area is 159 Å². The molecule has 0 aliphatic carbocycles. The number of nitrogens with one attached hydrogen (secondary N) is 2. The molecule has 0 aliphatic heterocycles. The normalized spacial score (nSPS) is 12.5. The summed E-state index contributed by atoms with van der Waals surface area (Å²) >= 11 is 6.01. The molecule has 1 atom stereocenters. The van der Waals surface area contributed by atoms with E-state index in [2.05, 4.69) is 46.4 Å². The smallest absolute Gasteiger partial charge is 0.224 e. The molecule has 1 unspecified atom stereocenters. The van der Waals surface area contributed by atoms with Crippen molar-refractivity contribution in [1.29, 1.82) is 0 Å². The van der Waals surface area contributed by atoms with Crippen molar-refractivity contribution < 1.29 is 4.79 Å². The minimum atomic E-state index is 0.0137. The molecule has 3 rings (SSSR count). The number of aromatic amines is 1. The van der Waals surface area contributed by atoms with E-state index in [4.69, 9.17) is 11.6 Å². The van der Waals surface area contributed by atoms with Crippen molar-refractivity contribution in [2.24, 2.45) is 0 Å². The third kappa shape index (κ3) is 4.26. The molecule has 0 saturated heterocycles. The summed E-state index contributed by atoms with van der Waals surface area (Å²) in [5, 5.41) is 4.79. The summed E-state index contributed by atoms with van der Waals surface area (Å²) < 4.78 is 0. The summed E-state index contributed by atoms with van der Waals surface area (Å²) in [7, 11) is 4.06. The van der Waals surface area contributed by atoms with Gasteiger partial charge in [0.1, 0.15) is 0 Å². The lowest BCUT2D eigenvalue weighted by molar-refractivity contribution is -0.120. The van der Waals surface area contributed by atoms with Gasteiger partial charge in [0.2, 0.25) is 5.91 Å². The van der Waals surface area contributed by atoms with Crippen LogP contribution in [0.1, 0.15) is 22.7 Å².